The number of anilines is 1. The number of carbonyl (C=O) groups is 2. The third-order valence-electron chi connectivity index (χ3n) is 5.00. The summed E-state index contributed by atoms with van der Waals surface area (Å²) in [6, 6.07) is 13.0. The van der Waals surface area contributed by atoms with E-state index in [-0.39, 0.29) is 23.2 Å². The number of aromatic nitrogens is 5. The van der Waals surface area contributed by atoms with Crippen molar-refractivity contribution in [1.82, 2.24) is 29.7 Å². The fourth-order valence-electron chi connectivity index (χ4n) is 3.31. The minimum absolute atomic E-state index is 0.0437. The lowest BCUT2D eigenvalue weighted by molar-refractivity contribution is -0.00347. The molecule has 4 heterocycles. The van der Waals surface area contributed by atoms with Gasteiger partial charge in [0.05, 0.1) is 31.0 Å². The third kappa shape index (κ3) is 3.64. The number of benzene rings is 1. The topological polar surface area (TPSA) is 115 Å². The number of fused-ring (bicyclic) bond motifs is 1. The van der Waals surface area contributed by atoms with Crippen molar-refractivity contribution in [2.75, 3.05) is 18.5 Å². The van der Waals surface area contributed by atoms with Crippen LogP contribution >= 0.6 is 0 Å². The first-order valence-corrected chi connectivity index (χ1v) is 9.72. The second kappa shape index (κ2) is 7.65. The van der Waals surface area contributed by atoms with Crippen LogP contribution in [0.2, 0.25) is 0 Å². The summed E-state index contributed by atoms with van der Waals surface area (Å²) in [7, 11) is 1.62. The van der Waals surface area contributed by atoms with Crippen LogP contribution in [0.15, 0.2) is 54.9 Å². The molecular formula is C21H19N7O3. The molecule has 0 atom stereocenters. The van der Waals surface area contributed by atoms with E-state index in [2.05, 4.69) is 25.8 Å². The maximum atomic E-state index is 12.9. The minimum atomic E-state index is -0.442. The van der Waals surface area contributed by atoms with Gasteiger partial charge >= 0.3 is 0 Å². The molecule has 5 rings (SSSR count). The first kappa shape index (κ1) is 18.9. The Labute approximate surface area is 176 Å². The molecule has 0 unspecified atom stereocenters. The average molecular weight is 417 g/mol. The van der Waals surface area contributed by atoms with Gasteiger partial charge in [-0.05, 0) is 6.07 Å². The molecule has 1 fully saturated rings. The zero-order valence-corrected chi connectivity index (χ0v) is 16.6. The number of nitrogens with zero attached hydrogens (tertiary/aromatic N) is 5. The molecule has 0 aliphatic carbocycles. The summed E-state index contributed by atoms with van der Waals surface area (Å²) in [6.45, 7) is 0.938. The summed E-state index contributed by atoms with van der Waals surface area (Å²) in [6.07, 6.45) is 3.11. The Morgan fingerprint density at radius 1 is 1.13 bits per heavy atom. The van der Waals surface area contributed by atoms with Crippen molar-refractivity contribution >= 4 is 23.1 Å². The van der Waals surface area contributed by atoms with Crippen molar-refractivity contribution in [3.05, 3.63) is 66.1 Å². The molecule has 1 aromatic carbocycles. The predicted octanol–water partition coefficient (Wildman–Crippen LogP) is 1.51. The third-order valence-corrected chi connectivity index (χ3v) is 5.00. The van der Waals surface area contributed by atoms with Crippen LogP contribution in [0.1, 0.15) is 20.8 Å². The average Bonchev–Trinajstić information content (AvgIpc) is 3.34. The monoisotopic (exact) mass is 417 g/mol. The van der Waals surface area contributed by atoms with Crippen LogP contribution in [0.3, 0.4) is 0 Å². The van der Waals surface area contributed by atoms with E-state index < -0.39 is 5.91 Å². The van der Waals surface area contributed by atoms with Gasteiger partial charge in [0.1, 0.15) is 5.69 Å². The van der Waals surface area contributed by atoms with Crippen molar-refractivity contribution in [2.45, 2.75) is 6.04 Å². The Kier molecular flexibility index (Phi) is 4.68. The van der Waals surface area contributed by atoms with E-state index in [0.717, 1.165) is 5.56 Å². The number of aryl methyl sites for hydroxylation is 1. The minimum Gasteiger partial charge on any atom is -0.377 e. The zero-order chi connectivity index (χ0) is 21.4. The Morgan fingerprint density at radius 3 is 2.68 bits per heavy atom. The standard InChI is InChI=1S/C21H19N7O3/c1-27-18(16(10-22-27)20(29)24-15-11-31-12-15)21(30)23-14-7-8-28-17(9-14)25-19(26-28)13-5-3-2-4-6-13/h2-10,15H,11-12H2,1H3,(H,23,30)(H,24,29). The molecular weight excluding hydrogens is 398 g/mol. The SMILES string of the molecule is Cn1ncc(C(=O)NC2COC2)c1C(=O)Nc1ccn2nc(-c3ccccc3)nc2c1. The van der Waals surface area contributed by atoms with Crippen molar-refractivity contribution in [3.63, 3.8) is 0 Å². The highest BCUT2D eigenvalue weighted by atomic mass is 16.5. The van der Waals surface area contributed by atoms with Crippen LogP contribution in [-0.4, -0.2) is 55.4 Å². The van der Waals surface area contributed by atoms with E-state index >= 15 is 0 Å². The predicted molar refractivity (Wildman–Crippen MR) is 112 cm³/mol. The van der Waals surface area contributed by atoms with Gasteiger partial charge < -0.3 is 15.4 Å². The Morgan fingerprint density at radius 2 is 1.94 bits per heavy atom. The van der Waals surface area contributed by atoms with Gasteiger partial charge in [0.25, 0.3) is 11.8 Å². The molecule has 1 saturated heterocycles. The highest BCUT2D eigenvalue weighted by Crippen LogP contribution is 2.19. The lowest BCUT2D eigenvalue weighted by atomic mass is 10.2. The number of carbonyl (C=O) groups excluding carboxylic acids is 2. The van der Waals surface area contributed by atoms with Crippen molar-refractivity contribution in [2.24, 2.45) is 7.05 Å². The number of hydrogen-bond acceptors (Lipinski definition) is 6. The lowest BCUT2D eigenvalue weighted by Gasteiger charge is -2.26. The quantitative estimate of drug-likeness (QED) is 0.509. The summed E-state index contributed by atoms with van der Waals surface area (Å²) >= 11 is 0. The number of ether oxygens (including phenoxy) is 1. The number of nitrogens with one attached hydrogen (secondary N) is 2. The van der Waals surface area contributed by atoms with E-state index in [1.807, 2.05) is 30.3 Å². The summed E-state index contributed by atoms with van der Waals surface area (Å²) < 4.78 is 8.09. The highest BCUT2D eigenvalue weighted by molar-refractivity contribution is 6.11. The van der Waals surface area contributed by atoms with E-state index in [1.54, 1.807) is 29.9 Å². The van der Waals surface area contributed by atoms with E-state index in [0.29, 0.717) is 30.4 Å². The smallest absolute Gasteiger partial charge is 0.274 e. The van der Waals surface area contributed by atoms with Gasteiger partial charge in [0.2, 0.25) is 0 Å². The van der Waals surface area contributed by atoms with Crippen LogP contribution in [-0.2, 0) is 11.8 Å². The molecule has 0 spiro atoms. The van der Waals surface area contributed by atoms with Gasteiger partial charge in [-0.15, -0.1) is 5.10 Å². The maximum absolute atomic E-state index is 12.9. The van der Waals surface area contributed by atoms with Gasteiger partial charge in [-0.3, -0.25) is 14.3 Å². The highest BCUT2D eigenvalue weighted by Gasteiger charge is 2.26. The molecule has 10 heteroatoms. The van der Waals surface area contributed by atoms with Crippen LogP contribution in [0.4, 0.5) is 5.69 Å². The summed E-state index contributed by atoms with van der Waals surface area (Å²) in [5.74, 6) is -0.205. The van der Waals surface area contributed by atoms with Crippen molar-refractivity contribution in [3.8, 4) is 11.4 Å². The molecule has 1 aliphatic rings. The molecule has 2 N–H and O–H groups in total. The Balaban J connectivity index is 1.38. The van der Waals surface area contributed by atoms with Crippen molar-refractivity contribution < 1.29 is 14.3 Å². The van der Waals surface area contributed by atoms with Crippen LogP contribution in [0, 0.1) is 0 Å². The normalized spacial score (nSPS) is 13.7. The molecule has 156 valence electrons. The molecule has 31 heavy (non-hydrogen) atoms. The first-order valence-electron chi connectivity index (χ1n) is 9.72. The molecule has 10 nitrogen and oxygen atoms in total. The van der Waals surface area contributed by atoms with Gasteiger partial charge in [0, 0.05) is 30.6 Å². The molecule has 2 amide bonds. The number of pyridine rings is 1. The fourth-order valence-corrected chi connectivity index (χ4v) is 3.31. The van der Waals surface area contributed by atoms with Crippen LogP contribution < -0.4 is 10.6 Å². The number of amides is 2. The molecule has 4 aromatic rings. The largest absolute Gasteiger partial charge is 0.377 e. The van der Waals surface area contributed by atoms with E-state index in [1.165, 1.54) is 10.9 Å². The number of rotatable bonds is 5. The van der Waals surface area contributed by atoms with Gasteiger partial charge in [-0.1, -0.05) is 30.3 Å². The molecule has 3 aromatic heterocycles. The fraction of sp³-hybridized carbons (Fsp3) is 0.190. The summed E-state index contributed by atoms with van der Waals surface area (Å²) in [5, 5.41) is 14.2. The second-order valence-corrected chi connectivity index (χ2v) is 7.21. The maximum Gasteiger partial charge on any atom is 0.274 e. The summed E-state index contributed by atoms with van der Waals surface area (Å²) in [4.78, 5) is 30.0. The zero-order valence-electron chi connectivity index (χ0n) is 16.6. The van der Waals surface area contributed by atoms with E-state index in [9.17, 15) is 9.59 Å². The molecule has 0 radical (unpaired) electrons. The second-order valence-electron chi connectivity index (χ2n) is 7.21. The molecule has 0 bridgehead atoms. The first-order chi connectivity index (χ1) is 15.1. The Bertz CT molecular complexity index is 1270. The van der Waals surface area contributed by atoms with Gasteiger partial charge in [-0.25, -0.2) is 9.50 Å². The van der Waals surface area contributed by atoms with Gasteiger partial charge in [0.15, 0.2) is 11.5 Å². The molecule has 1 aliphatic heterocycles. The summed E-state index contributed by atoms with van der Waals surface area (Å²) in [5.41, 5.74) is 2.40. The molecule has 0 saturated carbocycles. The number of hydrogen-bond donors (Lipinski definition) is 2. The van der Waals surface area contributed by atoms with Crippen LogP contribution in [0.5, 0.6) is 0 Å². The Hall–Kier alpha value is -4.05. The van der Waals surface area contributed by atoms with Crippen molar-refractivity contribution in [1.29, 1.82) is 0 Å². The lowest BCUT2D eigenvalue weighted by Crippen LogP contribution is -2.48. The van der Waals surface area contributed by atoms with Gasteiger partial charge in [-0.2, -0.15) is 5.10 Å². The van der Waals surface area contributed by atoms with E-state index in [4.69, 9.17) is 4.74 Å². The van der Waals surface area contributed by atoms with Crippen LogP contribution in [0.25, 0.3) is 17.0 Å².